The highest BCUT2D eigenvalue weighted by Crippen LogP contribution is 2.15. The zero-order chi connectivity index (χ0) is 14.6. The van der Waals surface area contributed by atoms with Crippen molar-refractivity contribution >= 4 is 17.6 Å². The number of benzene rings is 1. The second-order valence-corrected chi connectivity index (χ2v) is 4.62. The Morgan fingerprint density at radius 2 is 1.68 bits per heavy atom. The van der Waals surface area contributed by atoms with Gasteiger partial charge in [-0.05, 0) is 30.7 Å². The van der Waals surface area contributed by atoms with Crippen LogP contribution in [-0.4, -0.2) is 49.1 Å². The molecule has 5 nitrogen and oxygen atoms in total. The Balaban J connectivity index is 2.90. The molecule has 0 radical (unpaired) electrons. The molecule has 0 aliphatic rings. The van der Waals surface area contributed by atoms with Crippen LogP contribution in [-0.2, 0) is 4.79 Å². The lowest BCUT2D eigenvalue weighted by Gasteiger charge is -2.24. The lowest BCUT2D eigenvalue weighted by molar-refractivity contribution is -0.142. The fourth-order valence-corrected chi connectivity index (χ4v) is 1.86. The van der Waals surface area contributed by atoms with Gasteiger partial charge in [0.25, 0.3) is 5.91 Å². The molecule has 1 N–H and O–H groups in total. The van der Waals surface area contributed by atoms with E-state index in [2.05, 4.69) is 0 Å². The average Bonchev–Trinajstić information content (AvgIpc) is 2.38. The van der Waals surface area contributed by atoms with Crippen molar-refractivity contribution < 1.29 is 14.7 Å². The summed E-state index contributed by atoms with van der Waals surface area (Å²) in [5.74, 6) is -1.26. The van der Waals surface area contributed by atoms with Gasteiger partial charge in [0.2, 0.25) is 0 Å². The summed E-state index contributed by atoms with van der Waals surface area (Å²) >= 11 is 0. The summed E-state index contributed by atoms with van der Waals surface area (Å²) in [4.78, 5) is 26.4. The lowest BCUT2D eigenvalue weighted by Crippen LogP contribution is -2.41. The molecule has 0 fully saturated rings. The molecule has 1 aromatic rings. The molecule has 1 aromatic carbocycles. The minimum absolute atomic E-state index is 0.278. The number of hydrogen-bond donors (Lipinski definition) is 1. The number of anilines is 1. The van der Waals surface area contributed by atoms with Crippen LogP contribution in [0.5, 0.6) is 0 Å². The van der Waals surface area contributed by atoms with E-state index >= 15 is 0 Å². The molecule has 1 amide bonds. The smallest absolute Gasteiger partial charge is 0.326 e. The Labute approximate surface area is 113 Å². The van der Waals surface area contributed by atoms with Gasteiger partial charge in [-0.25, -0.2) is 4.79 Å². The molecular weight excluding hydrogens is 244 g/mol. The van der Waals surface area contributed by atoms with Crippen molar-refractivity contribution in [3.63, 3.8) is 0 Å². The summed E-state index contributed by atoms with van der Waals surface area (Å²) in [5.41, 5.74) is 1.48. The van der Waals surface area contributed by atoms with E-state index in [4.69, 9.17) is 5.11 Å². The molecule has 0 heterocycles. The van der Waals surface area contributed by atoms with Gasteiger partial charge in [0.1, 0.15) is 6.04 Å². The lowest BCUT2D eigenvalue weighted by atomic mass is 10.1. The summed E-state index contributed by atoms with van der Waals surface area (Å²) in [6, 6.07) is 6.30. The van der Waals surface area contributed by atoms with Gasteiger partial charge in [-0.2, -0.15) is 0 Å². The summed E-state index contributed by atoms with van der Waals surface area (Å²) in [5, 5.41) is 9.06. The van der Waals surface area contributed by atoms with Gasteiger partial charge in [-0.15, -0.1) is 0 Å². The van der Waals surface area contributed by atoms with Crippen molar-refractivity contribution in [3.05, 3.63) is 29.8 Å². The number of carbonyl (C=O) groups is 2. The van der Waals surface area contributed by atoms with E-state index in [0.29, 0.717) is 12.0 Å². The van der Waals surface area contributed by atoms with Crippen LogP contribution in [0.2, 0.25) is 0 Å². The molecule has 0 aliphatic carbocycles. The number of aliphatic carboxylic acids is 1. The second-order valence-electron chi connectivity index (χ2n) is 4.62. The van der Waals surface area contributed by atoms with Crippen LogP contribution < -0.4 is 4.90 Å². The normalized spacial score (nSPS) is 11.8. The molecule has 0 bridgehead atoms. The molecule has 104 valence electrons. The molecule has 1 unspecified atom stereocenters. The second kappa shape index (κ2) is 6.22. The van der Waals surface area contributed by atoms with E-state index in [0.717, 1.165) is 5.69 Å². The summed E-state index contributed by atoms with van der Waals surface area (Å²) < 4.78 is 0. The predicted molar refractivity (Wildman–Crippen MR) is 74.6 cm³/mol. The molecule has 19 heavy (non-hydrogen) atoms. The molecule has 0 spiro atoms. The van der Waals surface area contributed by atoms with Gasteiger partial charge >= 0.3 is 5.97 Å². The first-order chi connectivity index (χ1) is 8.88. The number of nitrogens with zero attached hydrogens (tertiary/aromatic N) is 2. The molecule has 0 aliphatic heterocycles. The van der Waals surface area contributed by atoms with Gasteiger partial charge in [0, 0.05) is 32.4 Å². The molecule has 0 saturated heterocycles. The van der Waals surface area contributed by atoms with Gasteiger partial charge in [-0.3, -0.25) is 4.79 Å². The number of rotatable bonds is 5. The van der Waals surface area contributed by atoms with E-state index in [1.165, 1.54) is 11.9 Å². The highest BCUT2D eigenvalue weighted by atomic mass is 16.4. The average molecular weight is 264 g/mol. The fraction of sp³-hybridized carbons (Fsp3) is 0.429. The summed E-state index contributed by atoms with van der Waals surface area (Å²) in [6.45, 7) is 1.75. The van der Waals surface area contributed by atoms with Crippen molar-refractivity contribution in [2.45, 2.75) is 19.4 Å². The Morgan fingerprint density at radius 1 is 1.16 bits per heavy atom. The number of hydrogen-bond acceptors (Lipinski definition) is 3. The van der Waals surface area contributed by atoms with Crippen LogP contribution in [0.3, 0.4) is 0 Å². The number of carboxylic acids is 1. The van der Waals surface area contributed by atoms with Gasteiger partial charge in [0.05, 0.1) is 0 Å². The van der Waals surface area contributed by atoms with Crippen LogP contribution in [0.25, 0.3) is 0 Å². The van der Waals surface area contributed by atoms with Gasteiger partial charge in [-0.1, -0.05) is 6.92 Å². The highest BCUT2D eigenvalue weighted by Gasteiger charge is 2.25. The molecule has 1 rings (SSSR count). The minimum Gasteiger partial charge on any atom is -0.480 e. The fourth-order valence-electron chi connectivity index (χ4n) is 1.86. The maximum atomic E-state index is 12.2. The zero-order valence-corrected chi connectivity index (χ0v) is 11.8. The number of carboxylic acid groups (broad SMARTS) is 1. The largest absolute Gasteiger partial charge is 0.480 e. The van der Waals surface area contributed by atoms with Crippen molar-refractivity contribution in [1.82, 2.24) is 4.90 Å². The molecule has 0 aromatic heterocycles. The van der Waals surface area contributed by atoms with Gasteiger partial charge in [0.15, 0.2) is 0 Å². The first-order valence-corrected chi connectivity index (χ1v) is 6.15. The quantitative estimate of drug-likeness (QED) is 0.879. The number of carbonyl (C=O) groups excluding carboxylic acids is 1. The predicted octanol–water partition coefficient (Wildman–Crippen LogP) is 1.69. The Kier molecular flexibility index (Phi) is 4.92. The Morgan fingerprint density at radius 3 is 2.05 bits per heavy atom. The molecule has 5 heteroatoms. The maximum absolute atomic E-state index is 12.2. The van der Waals surface area contributed by atoms with E-state index in [-0.39, 0.29) is 5.91 Å². The third-order valence-corrected chi connectivity index (χ3v) is 3.09. The Bertz CT molecular complexity index is 454. The molecular formula is C14H20N2O3. The first kappa shape index (κ1) is 15.0. The number of amides is 1. The highest BCUT2D eigenvalue weighted by molar-refractivity contribution is 5.96. The maximum Gasteiger partial charge on any atom is 0.326 e. The summed E-state index contributed by atoms with van der Waals surface area (Å²) in [7, 11) is 5.35. The third-order valence-electron chi connectivity index (χ3n) is 3.09. The van der Waals surface area contributed by atoms with Crippen molar-refractivity contribution in [1.29, 1.82) is 0 Å². The van der Waals surface area contributed by atoms with Crippen LogP contribution in [0.4, 0.5) is 5.69 Å². The van der Waals surface area contributed by atoms with Crippen molar-refractivity contribution in [2.24, 2.45) is 0 Å². The van der Waals surface area contributed by atoms with Gasteiger partial charge < -0.3 is 14.9 Å². The van der Waals surface area contributed by atoms with Crippen molar-refractivity contribution in [2.75, 3.05) is 26.0 Å². The SMILES string of the molecule is CCC(C(=O)O)N(C)C(=O)c1ccc(N(C)C)cc1. The zero-order valence-electron chi connectivity index (χ0n) is 11.8. The number of likely N-dealkylation sites (N-methyl/N-ethyl adjacent to an activating group) is 1. The van der Waals surface area contributed by atoms with Crippen LogP contribution in [0, 0.1) is 0 Å². The van der Waals surface area contributed by atoms with E-state index in [1.807, 2.05) is 31.1 Å². The van der Waals surface area contributed by atoms with Crippen LogP contribution in [0.15, 0.2) is 24.3 Å². The summed E-state index contributed by atoms with van der Waals surface area (Å²) in [6.07, 6.45) is 0.382. The standard InChI is InChI=1S/C14H20N2O3/c1-5-12(14(18)19)16(4)13(17)10-6-8-11(9-7-10)15(2)3/h6-9,12H,5H2,1-4H3,(H,18,19). The molecule has 1 atom stereocenters. The van der Waals surface area contributed by atoms with E-state index in [1.54, 1.807) is 19.1 Å². The van der Waals surface area contributed by atoms with Crippen molar-refractivity contribution in [3.8, 4) is 0 Å². The monoisotopic (exact) mass is 264 g/mol. The topological polar surface area (TPSA) is 60.9 Å². The molecule has 0 saturated carbocycles. The Hall–Kier alpha value is -2.04. The van der Waals surface area contributed by atoms with E-state index in [9.17, 15) is 9.59 Å². The van der Waals surface area contributed by atoms with Crippen LogP contribution >= 0.6 is 0 Å². The third kappa shape index (κ3) is 3.47. The van der Waals surface area contributed by atoms with Crippen LogP contribution in [0.1, 0.15) is 23.7 Å². The minimum atomic E-state index is -0.983. The first-order valence-electron chi connectivity index (χ1n) is 6.15. The van der Waals surface area contributed by atoms with E-state index < -0.39 is 12.0 Å².